The topological polar surface area (TPSA) is 12.9 Å². The smallest absolute Gasteiger partial charge is 0.0713 e. The molecule has 0 saturated carbocycles. The summed E-state index contributed by atoms with van der Waals surface area (Å²) in [6.45, 7) is 4.27. The molecular weight excluding hydrogens is 138 g/mol. The number of aromatic nitrogens is 1. The first-order chi connectivity index (χ1) is 4.70. The minimum atomic E-state index is 0.510. The number of pyridine rings is 1. The lowest BCUT2D eigenvalue weighted by atomic mass is 10.1. The van der Waals surface area contributed by atoms with Crippen LogP contribution >= 0.6 is 0 Å². The van der Waals surface area contributed by atoms with E-state index >= 15 is 0 Å². The van der Waals surface area contributed by atoms with Crippen LogP contribution in [0.3, 0.4) is 0 Å². The van der Waals surface area contributed by atoms with Crippen molar-refractivity contribution in [3.05, 3.63) is 24.0 Å². The van der Waals surface area contributed by atoms with E-state index in [1.54, 1.807) is 0 Å². The van der Waals surface area contributed by atoms with Crippen LogP contribution < -0.4 is 5.19 Å². The van der Waals surface area contributed by atoms with E-state index in [9.17, 15) is 0 Å². The highest BCUT2D eigenvalue weighted by molar-refractivity contribution is 6.32. The van der Waals surface area contributed by atoms with Gasteiger partial charge in [-0.05, 0) is 18.1 Å². The summed E-state index contributed by atoms with van der Waals surface area (Å²) in [6, 6.07) is 3.98. The van der Waals surface area contributed by atoms with E-state index in [0.717, 1.165) is 10.9 Å². The van der Waals surface area contributed by atoms with Crippen molar-refractivity contribution in [3.8, 4) is 0 Å². The molecule has 2 heteroatoms. The van der Waals surface area contributed by atoms with Crippen molar-refractivity contribution in [1.29, 1.82) is 0 Å². The summed E-state index contributed by atoms with van der Waals surface area (Å²) in [5.74, 6) is 0.510. The molecule has 0 amide bonds. The van der Waals surface area contributed by atoms with Crippen molar-refractivity contribution in [2.24, 2.45) is 0 Å². The Labute approximate surface area is 64.9 Å². The van der Waals surface area contributed by atoms with E-state index < -0.39 is 0 Å². The number of hydrogen-bond acceptors (Lipinski definition) is 1. The molecular formula is C8H10NSi. The number of rotatable bonds is 1. The largest absolute Gasteiger partial charge is 0.261 e. The van der Waals surface area contributed by atoms with Crippen molar-refractivity contribution in [2.75, 3.05) is 0 Å². The summed E-state index contributed by atoms with van der Waals surface area (Å²) in [4.78, 5) is 4.21. The number of hydrogen-bond donors (Lipinski definition) is 0. The maximum Gasteiger partial charge on any atom is 0.0713 e. The van der Waals surface area contributed by atoms with Crippen LogP contribution in [0, 0.1) is 0 Å². The average molecular weight is 148 g/mol. The minimum absolute atomic E-state index is 0.510. The van der Waals surface area contributed by atoms with E-state index in [1.165, 1.54) is 0 Å². The van der Waals surface area contributed by atoms with Gasteiger partial charge in [-0.1, -0.05) is 19.0 Å². The van der Waals surface area contributed by atoms with Crippen LogP contribution in [-0.4, -0.2) is 15.2 Å². The molecule has 1 aromatic heterocycles. The lowest BCUT2D eigenvalue weighted by Gasteiger charge is -2.03. The predicted molar refractivity (Wildman–Crippen MR) is 43.7 cm³/mol. The van der Waals surface area contributed by atoms with Crippen LogP contribution in [0.15, 0.2) is 18.3 Å². The Morgan fingerprint density at radius 3 is 2.60 bits per heavy atom. The lowest BCUT2D eigenvalue weighted by molar-refractivity contribution is 0.824. The van der Waals surface area contributed by atoms with Gasteiger partial charge in [0.15, 0.2) is 0 Å². The third-order valence-corrected chi connectivity index (χ3v) is 1.68. The maximum absolute atomic E-state index is 4.21. The molecule has 0 aliphatic heterocycles. The minimum Gasteiger partial charge on any atom is -0.261 e. The Bertz CT molecular complexity index is 220. The molecule has 0 bridgehead atoms. The van der Waals surface area contributed by atoms with Gasteiger partial charge in [-0.2, -0.15) is 0 Å². The molecule has 1 nitrogen and oxygen atoms in total. The SMILES string of the molecule is CC(C)c1cc([Si])ccn1. The van der Waals surface area contributed by atoms with Crippen molar-refractivity contribution in [2.45, 2.75) is 19.8 Å². The van der Waals surface area contributed by atoms with Crippen LogP contribution in [-0.2, 0) is 0 Å². The highest BCUT2D eigenvalue weighted by atomic mass is 28.1. The summed E-state index contributed by atoms with van der Waals surface area (Å²) in [5, 5.41) is 1.10. The normalized spacial score (nSPS) is 10.4. The highest BCUT2D eigenvalue weighted by Crippen LogP contribution is 2.07. The third-order valence-electron chi connectivity index (χ3n) is 1.37. The second-order valence-corrected chi connectivity index (χ2v) is 3.20. The van der Waals surface area contributed by atoms with E-state index in [-0.39, 0.29) is 0 Å². The molecule has 1 heterocycles. The molecule has 0 fully saturated rings. The van der Waals surface area contributed by atoms with E-state index in [2.05, 4.69) is 29.1 Å². The van der Waals surface area contributed by atoms with E-state index in [0.29, 0.717) is 5.92 Å². The summed E-state index contributed by atoms with van der Waals surface area (Å²) >= 11 is 0. The summed E-state index contributed by atoms with van der Waals surface area (Å²) < 4.78 is 0. The maximum atomic E-state index is 4.21. The average Bonchev–Trinajstić information content (AvgIpc) is 1.88. The Balaban J connectivity index is 2.96. The Kier molecular flexibility index (Phi) is 2.22. The zero-order chi connectivity index (χ0) is 7.56. The quantitative estimate of drug-likeness (QED) is 0.541. The summed E-state index contributed by atoms with van der Waals surface area (Å²) in [5.41, 5.74) is 1.13. The number of nitrogens with zero attached hydrogens (tertiary/aromatic N) is 1. The Hall–Kier alpha value is -0.633. The molecule has 0 unspecified atom stereocenters. The van der Waals surface area contributed by atoms with E-state index in [1.807, 2.05) is 18.3 Å². The van der Waals surface area contributed by atoms with Gasteiger partial charge in [0.25, 0.3) is 0 Å². The van der Waals surface area contributed by atoms with Gasteiger partial charge < -0.3 is 0 Å². The first-order valence-corrected chi connectivity index (χ1v) is 3.87. The van der Waals surface area contributed by atoms with Crippen LogP contribution in [0.4, 0.5) is 0 Å². The van der Waals surface area contributed by atoms with Crippen molar-refractivity contribution < 1.29 is 0 Å². The fourth-order valence-electron chi connectivity index (χ4n) is 0.764. The zero-order valence-corrected chi connectivity index (χ0v) is 7.26. The second-order valence-electron chi connectivity index (χ2n) is 2.62. The van der Waals surface area contributed by atoms with Crippen LogP contribution in [0.5, 0.6) is 0 Å². The van der Waals surface area contributed by atoms with Crippen molar-refractivity contribution in [1.82, 2.24) is 4.98 Å². The highest BCUT2D eigenvalue weighted by Gasteiger charge is 1.98. The molecule has 1 aromatic rings. The molecule has 51 valence electrons. The summed E-state index contributed by atoms with van der Waals surface area (Å²) in [6.07, 6.45) is 1.82. The molecule has 0 saturated heterocycles. The molecule has 1 rings (SSSR count). The van der Waals surface area contributed by atoms with Gasteiger partial charge in [0.05, 0.1) is 10.2 Å². The third kappa shape index (κ3) is 1.67. The lowest BCUT2D eigenvalue weighted by Crippen LogP contribution is -2.05. The van der Waals surface area contributed by atoms with Gasteiger partial charge in [0.2, 0.25) is 0 Å². The molecule has 10 heavy (non-hydrogen) atoms. The zero-order valence-electron chi connectivity index (χ0n) is 6.26. The van der Waals surface area contributed by atoms with Crippen LogP contribution in [0.1, 0.15) is 25.5 Å². The fraction of sp³-hybridized carbons (Fsp3) is 0.375. The molecule has 0 atom stereocenters. The molecule has 0 N–H and O–H groups in total. The first kappa shape index (κ1) is 7.47. The van der Waals surface area contributed by atoms with Crippen molar-refractivity contribution in [3.63, 3.8) is 0 Å². The van der Waals surface area contributed by atoms with Gasteiger partial charge in [-0.3, -0.25) is 4.98 Å². The van der Waals surface area contributed by atoms with Crippen LogP contribution in [0.2, 0.25) is 0 Å². The first-order valence-electron chi connectivity index (χ1n) is 3.37. The molecule has 0 aromatic carbocycles. The van der Waals surface area contributed by atoms with Gasteiger partial charge in [0.1, 0.15) is 0 Å². The monoisotopic (exact) mass is 148 g/mol. The molecule has 3 radical (unpaired) electrons. The van der Waals surface area contributed by atoms with E-state index in [4.69, 9.17) is 0 Å². The molecule has 0 aliphatic carbocycles. The predicted octanol–water partition coefficient (Wildman–Crippen LogP) is 0.999. The van der Waals surface area contributed by atoms with Gasteiger partial charge in [0, 0.05) is 11.9 Å². The van der Waals surface area contributed by atoms with Crippen LogP contribution in [0.25, 0.3) is 0 Å². The Morgan fingerprint density at radius 1 is 1.50 bits per heavy atom. The van der Waals surface area contributed by atoms with Crippen molar-refractivity contribution >= 4 is 15.4 Å². The fourth-order valence-corrected chi connectivity index (χ4v) is 0.986. The van der Waals surface area contributed by atoms with Gasteiger partial charge in [-0.15, -0.1) is 0 Å². The molecule has 0 aliphatic rings. The standard InChI is InChI=1S/C8H10NSi/c1-6(2)8-5-7(10)3-4-9-8/h3-6H,1-2H3. The molecule has 0 spiro atoms. The van der Waals surface area contributed by atoms with Gasteiger partial charge in [-0.25, -0.2) is 0 Å². The van der Waals surface area contributed by atoms with Gasteiger partial charge >= 0.3 is 0 Å². The second kappa shape index (κ2) is 2.97. The summed E-state index contributed by atoms with van der Waals surface area (Å²) in [7, 11) is 3.44. The Morgan fingerprint density at radius 2 is 2.20 bits per heavy atom.